The van der Waals surface area contributed by atoms with Gasteiger partial charge in [-0.05, 0) is 55.5 Å². The molecule has 0 saturated carbocycles. The molecule has 1 unspecified atom stereocenters. The number of benzene rings is 2. The number of alkyl halides is 1. The van der Waals surface area contributed by atoms with E-state index in [1.165, 1.54) is 7.11 Å². The van der Waals surface area contributed by atoms with Crippen molar-refractivity contribution in [1.82, 2.24) is 10.2 Å². The fourth-order valence-electron chi connectivity index (χ4n) is 8.15. The Morgan fingerprint density at radius 1 is 1.07 bits per heavy atom. The number of nitrogens with zero attached hydrogens (tertiary/aromatic N) is 2. The summed E-state index contributed by atoms with van der Waals surface area (Å²) in [5, 5.41) is 12.3. The third-order valence-corrected chi connectivity index (χ3v) is 11.4. The van der Waals surface area contributed by atoms with Crippen molar-refractivity contribution in [2.45, 2.75) is 79.7 Å². The van der Waals surface area contributed by atoms with Crippen molar-refractivity contribution in [2.75, 3.05) is 45.4 Å². The molecule has 3 fully saturated rings. The van der Waals surface area contributed by atoms with Crippen LogP contribution in [0.1, 0.15) is 56.6 Å². The number of hydrogen-bond acceptors (Lipinski definition) is 9. The molecule has 2 aromatic rings. The van der Waals surface area contributed by atoms with E-state index in [0.29, 0.717) is 42.7 Å². The largest absolute Gasteiger partial charge is 0.497 e. The van der Waals surface area contributed by atoms with E-state index < -0.39 is 47.7 Å². The molecule has 2 N–H and O–H groups in total. The van der Waals surface area contributed by atoms with Gasteiger partial charge in [-0.15, -0.1) is 13.2 Å². The monoisotopic (exact) mass is 809 g/mol. The topological polar surface area (TPSA) is 144 Å². The van der Waals surface area contributed by atoms with Crippen LogP contribution in [0.4, 0.5) is 5.69 Å². The maximum absolute atomic E-state index is 14.9. The Hall–Kier alpha value is -4.04. The van der Waals surface area contributed by atoms with E-state index in [9.17, 15) is 24.3 Å². The van der Waals surface area contributed by atoms with Crippen molar-refractivity contribution in [3.63, 3.8) is 0 Å². The first-order valence-electron chi connectivity index (χ1n) is 18.6. The number of aliphatic hydroxyl groups is 1. The maximum Gasteiger partial charge on any atom is 0.313 e. The highest BCUT2D eigenvalue weighted by Crippen LogP contribution is 2.60. The molecule has 3 aliphatic rings. The molecular weight excluding hydrogens is 758 g/mol. The summed E-state index contributed by atoms with van der Waals surface area (Å²) in [5.41, 5.74) is -0.0819. The smallest absolute Gasteiger partial charge is 0.313 e. The molecule has 0 radical (unpaired) electrons. The van der Waals surface area contributed by atoms with Gasteiger partial charge in [-0.25, -0.2) is 0 Å². The molecule has 0 aromatic heterocycles. The van der Waals surface area contributed by atoms with Crippen molar-refractivity contribution in [2.24, 2.45) is 11.8 Å². The van der Waals surface area contributed by atoms with Gasteiger partial charge in [0, 0.05) is 43.7 Å². The molecule has 1 spiro atoms. The molecular formula is C41H52BrN3O9. The predicted molar refractivity (Wildman–Crippen MR) is 207 cm³/mol. The van der Waals surface area contributed by atoms with Gasteiger partial charge in [-0.3, -0.25) is 19.2 Å². The second-order valence-corrected chi connectivity index (χ2v) is 15.2. The summed E-state index contributed by atoms with van der Waals surface area (Å²) < 4.78 is 24.0. The van der Waals surface area contributed by atoms with E-state index in [0.717, 1.165) is 12.8 Å². The lowest BCUT2D eigenvalue weighted by Gasteiger charge is -2.37. The third kappa shape index (κ3) is 8.59. The molecule has 2 aromatic carbocycles. The highest BCUT2D eigenvalue weighted by Gasteiger charge is 2.77. The molecule has 5 rings (SSSR count). The van der Waals surface area contributed by atoms with Gasteiger partial charge >= 0.3 is 5.97 Å². The highest BCUT2D eigenvalue weighted by molar-refractivity contribution is 9.09. The number of halogens is 1. The van der Waals surface area contributed by atoms with Gasteiger partial charge in [0.2, 0.25) is 11.8 Å². The Morgan fingerprint density at radius 2 is 1.80 bits per heavy atom. The summed E-state index contributed by atoms with van der Waals surface area (Å²) in [4.78, 5) is 60.1. The normalized spacial score (nSPS) is 25.1. The summed E-state index contributed by atoms with van der Waals surface area (Å²) in [5.74, 6) is -2.99. The fraction of sp³-hybridized carbons (Fsp3) is 0.512. The second kappa shape index (κ2) is 19.0. The van der Waals surface area contributed by atoms with Crippen LogP contribution in [0.3, 0.4) is 0 Å². The third-order valence-electron chi connectivity index (χ3n) is 10.6. The molecule has 13 heteroatoms. The molecule has 12 nitrogen and oxygen atoms in total. The number of ether oxygens (including phenoxy) is 4. The van der Waals surface area contributed by atoms with Crippen LogP contribution in [-0.2, 0) is 33.4 Å². The number of unbranched alkanes of at least 4 members (excludes halogenated alkanes) is 3. The molecule has 0 aliphatic carbocycles. The summed E-state index contributed by atoms with van der Waals surface area (Å²) in [6, 6.07) is 14.4. The maximum atomic E-state index is 14.9. The first-order valence-corrected chi connectivity index (χ1v) is 19.5. The van der Waals surface area contributed by atoms with Gasteiger partial charge in [0.15, 0.2) is 0 Å². The first kappa shape index (κ1) is 41.1. The Balaban J connectivity index is 1.51. The number of fused-ring (bicyclic) bond motifs is 1. The number of nitrogens with one attached hydrogen (secondary N) is 1. The van der Waals surface area contributed by atoms with E-state index in [1.54, 1.807) is 53.3 Å². The number of aliphatic hydroxyl groups excluding tert-OH is 1. The zero-order valence-electron chi connectivity index (χ0n) is 31.1. The van der Waals surface area contributed by atoms with Gasteiger partial charge in [0.05, 0.1) is 37.7 Å². The average Bonchev–Trinajstić information content (AvgIpc) is 3.78. The quantitative estimate of drug-likeness (QED) is 0.0780. The summed E-state index contributed by atoms with van der Waals surface area (Å²) in [7, 11) is 3.07. The number of likely N-dealkylation sites (tertiary alicyclic amines) is 1. The van der Waals surface area contributed by atoms with Gasteiger partial charge < -0.3 is 39.2 Å². The second-order valence-electron chi connectivity index (χ2n) is 14.0. The molecule has 8 atom stereocenters. The van der Waals surface area contributed by atoms with Crippen LogP contribution >= 0.6 is 15.9 Å². The van der Waals surface area contributed by atoms with Crippen molar-refractivity contribution >= 4 is 45.3 Å². The van der Waals surface area contributed by atoms with E-state index >= 15 is 0 Å². The van der Waals surface area contributed by atoms with Crippen molar-refractivity contribution in [3.05, 3.63) is 85.5 Å². The van der Waals surface area contributed by atoms with Crippen molar-refractivity contribution in [1.29, 1.82) is 0 Å². The molecule has 2 bridgehead atoms. The van der Waals surface area contributed by atoms with Crippen molar-refractivity contribution in [3.8, 4) is 5.75 Å². The van der Waals surface area contributed by atoms with Gasteiger partial charge in [0.1, 0.15) is 23.5 Å². The van der Waals surface area contributed by atoms with Crippen LogP contribution in [-0.4, -0.2) is 103 Å². The van der Waals surface area contributed by atoms with Crippen molar-refractivity contribution < 1.29 is 43.2 Å². The number of esters is 1. The zero-order valence-corrected chi connectivity index (χ0v) is 32.7. The van der Waals surface area contributed by atoms with E-state index in [2.05, 4.69) is 34.4 Å². The molecule has 3 amide bonds. The zero-order chi connectivity index (χ0) is 38.8. The SMILES string of the molecule is C=CCCC(=O)N[C@@H](COC)[C@@H](OC(=O)[C@@H]1[C@H]2O[C@@]3(CC2Br)[C@H](C(=O)N(CC=C)c2ccc(OC)cc2)N(CCCCCCO)C(=O)[C@@H]13)c1ccccc1. The Morgan fingerprint density at radius 3 is 2.44 bits per heavy atom. The highest BCUT2D eigenvalue weighted by atomic mass is 79.9. The summed E-state index contributed by atoms with van der Waals surface area (Å²) in [6.07, 6.45) is 5.33. The molecule has 3 aliphatic heterocycles. The van der Waals surface area contributed by atoms with Crippen LogP contribution < -0.4 is 15.0 Å². The minimum Gasteiger partial charge on any atom is -0.497 e. The fourth-order valence-corrected chi connectivity index (χ4v) is 9.10. The van der Waals surface area contributed by atoms with Crippen LogP contribution in [0.15, 0.2) is 79.9 Å². The lowest BCUT2D eigenvalue weighted by Crippen LogP contribution is -2.57. The Bertz CT molecular complexity index is 1630. The lowest BCUT2D eigenvalue weighted by molar-refractivity contribution is -0.163. The standard InChI is InChI=1S/C41H52BrN3O9/c1-5-7-17-32(47)43-31(26-51-3)35(27-15-11-10-12-16-27)53-40(50)33-34-38(48)45(23-13-8-9-14-24-46)37(41(34)25-30(42)36(33)54-41)39(49)44(22-6-2)28-18-20-29(52-4)21-19-28/h5-6,10-12,15-16,18-21,30-31,33-37,46H,1-2,7-9,13-14,17,22-26H2,3-4H3,(H,43,47)/t30?,31-,33-,34+,35-,36-,37-,41+/m0/s1. The van der Waals surface area contributed by atoms with Crippen LogP contribution in [0.2, 0.25) is 0 Å². The minimum absolute atomic E-state index is 0.0514. The molecule has 292 valence electrons. The van der Waals surface area contributed by atoms with E-state index in [1.807, 2.05) is 30.3 Å². The number of carbonyl (C=O) groups is 4. The number of allylic oxidation sites excluding steroid dienone is 1. The number of rotatable bonds is 21. The lowest BCUT2D eigenvalue weighted by atomic mass is 9.70. The number of anilines is 1. The van der Waals surface area contributed by atoms with Gasteiger partial charge in [0.25, 0.3) is 5.91 Å². The van der Waals surface area contributed by atoms with Crippen LogP contribution in [0.5, 0.6) is 5.75 Å². The molecule has 3 heterocycles. The summed E-state index contributed by atoms with van der Waals surface area (Å²) in [6.45, 7) is 8.16. The summed E-state index contributed by atoms with van der Waals surface area (Å²) >= 11 is 3.76. The van der Waals surface area contributed by atoms with Gasteiger partial charge in [-0.1, -0.05) is 71.3 Å². The van der Waals surface area contributed by atoms with Gasteiger partial charge in [-0.2, -0.15) is 0 Å². The molecule has 54 heavy (non-hydrogen) atoms. The Kier molecular flexibility index (Phi) is 14.5. The van der Waals surface area contributed by atoms with Crippen LogP contribution in [0, 0.1) is 11.8 Å². The van der Waals surface area contributed by atoms with E-state index in [4.69, 9.17) is 18.9 Å². The Labute approximate surface area is 326 Å². The average molecular weight is 811 g/mol. The number of amides is 3. The first-order chi connectivity index (χ1) is 26.1. The van der Waals surface area contributed by atoms with Crippen LogP contribution in [0.25, 0.3) is 0 Å². The number of methoxy groups -OCH3 is 2. The predicted octanol–water partition coefficient (Wildman–Crippen LogP) is 4.90. The molecule has 3 saturated heterocycles. The number of hydrogen-bond donors (Lipinski definition) is 2. The van der Waals surface area contributed by atoms with E-state index in [-0.39, 0.29) is 55.3 Å². The minimum atomic E-state index is -1.32. The number of carbonyl (C=O) groups excluding carboxylic acids is 4.